The smallest absolute Gasteiger partial charge is 0.256 e. The molecule has 0 radical (unpaired) electrons. The van der Waals surface area contributed by atoms with Gasteiger partial charge < -0.3 is 24.6 Å². The van der Waals surface area contributed by atoms with Crippen molar-refractivity contribution >= 4 is 23.5 Å². The third-order valence-corrected chi connectivity index (χ3v) is 5.99. The first kappa shape index (κ1) is 22.2. The Morgan fingerprint density at radius 3 is 2.26 bits per heavy atom. The second-order valence-electron chi connectivity index (χ2n) is 8.31. The number of anilines is 3. The van der Waals surface area contributed by atoms with Crippen molar-refractivity contribution in [3.05, 3.63) is 59.8 Å². The summed E-state index contributed by atoms with van der Waals surface area (Å²) in [6.07, 6.45) is 1.77. The molecule has 3 aromatic rings. The second-order valence-corrected chi connectivity index (χ2v) is 8.31. The van der Waals surface area contributed by atoms with Gasteiger partial charge in [0.05, 0.1) is 32.1 Å². The Hall–Kier alpha value is -3.56. The van der Waals surface area contributed by atoms with Gasteiger partial charge in [0.25, 0.3) is 5.91 Å². The van der Waals surface area contributed by atoms with Gasteiger partial charge in [-0.05, 0) is 30.7 Å². The summed E-state index contributed by atoms with van der Waals surface area (Å²) in [4.78, 5) is 31.2. The molecule has 34 heavy (non-hydrogen) atoms. The fourth-order valence-electron chi connectivity index (χ4n) is 4.09. The number of aryl methyl sites for hydroxylation is 1. The monoisotopic (exact) mass is 460 g/mol. The molecule has 2 aromatic heterocycles. The molecule has 1 amide bonds. The molecule has 0 aliphatic carbocycles. The number of amides is 1. The molecule has 176 valence electrons. The molecule has 0 spiro atoms. The average molecular weight is 461 g/mol. The Bertz CT molecular complexity index is 1110. The Balaban J connectivity index is 1.45. The lowest BCUT2D eigenvalue weighted by Gasteiger charge is -2.31. The summed E-state index contributed by atoms with van der Waals surface area (Å²) in [5, 5.41) is 2.88. The van der Waals surface area contributed by atoms with Crippen LogP contribution in [-0.4, -0.2) is 73.5 Å². The van der Waals surface area contributed by atoms with Crippen LogP contribution in [0.15, 0.2) is 48.7 Å². The van der Waals surface area contributed by atoms with Crippen LogP contribution in [0.4, 0.5) is 17.6 Å². The SMILES string of the molecule is Cc1cc(NC(=O)c2ccccc2)ncc1-c1cc(N2CCOCC2)nc(N2CCOCC2)n1. The van der Waals surface area contributed by atoms with Crippen LogP contribution in [0.3, 0.4) is 0 Å². The highest BCUT2D eigenvalue weighted by Gasteiger charge is 2.21. The molecule has 4 heterocycles. The number of morpholine rings is 2. The molecule has 2 aliphatic rings. The molecule has 0 atom stereocenters. The van der Waals surface area contributed by atoms with E-state index in [1.165, 1.54) is 0 Å². The van der Waals surface area contributed by atoms with Crippen LogP contribution in [-0.2, 0) is 9.47 Å². The third kappa shape index (κ3) is 5.00. The van der Waals surface area contributed by atoms with Crippen molar-refractivity contribution in [2.45, 2.75) is 6.92 Å². The maximum atomic E-state index is 12.5. The number of aromatic nitrogens is 3. The van der Waals surface area contributed by atoms with E-state index >= 15 is 0 Å². The molecule has 2 saturated heterocycles. The predicted molar refractivity (Wildman–Crippen MR) is 130 cm³/mol. The van der Waals surface area contributed by atoms with E-state index < -0.39 is 0 Å². The Morgan fingerprint density at radius 2 is 1.59 bits per heavy atom. The lowest BCUT2D eigenvalue weighted by molar-refractivity contribution is 0.102. The molecular formula is C25H28N6O3. The van der Waals surface area contributed by atoms with E-state index in [0.717, 1.165) is 48.8 Å². The largest absolute Gasteiger partial charge is 0.378 e. The van der Waals surface area contributed by atoms with E-state index in [4.69, 9.17) is 19.4 Å². The van der Waals surface area contributed by atoms with E-state index in [1.54, 1.807) is 18.3 Å². The van der Waals surface area contributed by atoms with Crippen LogP contribution in [0.25, 0.3) is 11.3 Å². The normalized spacial score (nSPS) is 16.4. The fourth-order valence-corrected chi connectivity index (χ4v) is 4.09. The van der Waals surface area contributed by atoms with Gasteiger partial charge in [0, 0.05) is 49.6 Å². The standard InChI is InChI=1S/C25H28N6O3/c1-18-15-22(28-24(32)19-5-3-2-4-6-19)26-17-20(18)21-16-23(30-7-11-33-12-8-30)29-25(27-21)31-9-13-34-14-10-31/h2-6,15-17H,7-14H2,1H3,(H,26,28,32). The van der Waals surface area contributed by atoms with Crippen molar-refractivity contribution in [1.29, 1.82) is 0 Å². The van der Waals surface area contributed by atoms with Gasteiger partial charge in [-0.3, -0.25) is 4.79 Å². The first-order valence-corrected chi connectivity index (χ1v) is 11.6. The first-order chi connectivity index (χ1) is 16.7. The number of carbonyl (C=O) groups is 1. The highest BCUT2D eigenvalue weighted by Crippen LogP contribution is 2.28. The van der Waals surface area contributed by atoms with Gasteiger partial charge in [0.15, 0.2) is 0 Å². The molecule has 1 aromatic carbocycles. The number of nitrogens with zero attached hydrogens (tertiary/aromatic N) is 5. The number of carbonyl (C=O) groups excluding carboxylic acids is 1. The van der Waals surface area contributed by atoms with E-state index in [2.05, 4.69) is 20.1 Å². The van der Waals surface area contributed by atoms with Gasteiger partial charge in [0.1, 0.15) is 11.6 Å². The predicted octanol–water partition coefficient (Wildman–Crippen LogP) is 2.77. The zero-order valence-electron chi connectivity index (χ0n) is 19.2. The van der Waals surface area contributed by atoms with Crippen molar-refractivity contribution in [2.24, 2.45) is 0 Å². The summed E-state index contributed by atoms with van der Waals surface area (Å²) in [6, 6.07) is 13.0. The maximum absolute atomic E-state index is 12.5. The minimum Gasteiger partial charge on any atom is -0.378 e. The highest BCUT2D eigenvalue weighted by molar-refractivity contribution is 6.03. The summed E-state index contributed by atoms with van der Waals surface area (Å²) in [7, 11) is 0. The summed E-state index contributed by atoms with van der Waals surface area (Å²) >= 11 is 0. The molecule has 0 bridgehead atoms. The van der Waals surface area contributed by atoms with Gasteiger partial charge in [0.2, 0.25) is 5.95 Å². The lowest BCUT2D eigenvalue weighted by Crippen LogP contribution is -2.39. The molecule has 1 N–H and O–H groups in total. The number of pyridine rings is 1. The van der Waals surface area contributed by atoms with Crippen molar-refractivity contribution < 1.29 is 14.3 Å². The molecule has 9 heteroatoms. The van der Waals surface area contributed by atoms with Crippen LogP contribution < -0.4 is 15.1 Å². The van der Waals surface area contributed by atoms with Crippen LogP contribution in [0, 0.1) is 6.92 Å². The van der Waals surface area contributed by atoms with Gasteiger partial charge in [-0.25, -0.2) is 9.97 Å². The molecule has 5 rings (SSSR count). The minimum absolute atomic E-state index is 0.188. The van der Waals surface area contributed by atoms with Crippen LogP contribution >= 0.6 is 0 Å². The number of ether oxygens (including phenoxy) is 2. The van der Waals surface area contributed by atoms with Crippen LogP contribution in [0.5, 0.6) is 0 Å². The average Bonchev–Trinajstić information content (AvgIpc) is 2.90. The Kier molecular flexibility index (Phi) is 6.64. The summed E-state index contributed by atoms with van der Waals surface area (Å²) in [5.74, 6) is 1.90. The third-order valence-electron chi connectivity index (χ3n) is 5.99. The number of hydrogen-bond donors (Lipinski definition) is 1. The number of hydrogen-bond acceptors (Lipinski definition) is 8. The Labute approximate surface area is 198 Å². The van der Waals surface area contributed by atoms with E-state index in [1.807, 2.05) is 37.3 Å². The number of nitrogens with one attached hydrogen (secondary N) is 1. The van der Waals surface area contributed by atoms with Crippen molar-refractivity contribution in [3.63, 3.8) is 0 Å². The van der Waals surface area contributed by atoms with E-state index in [9.17, 15) is 4.79 Å². The summed E-state index contributed by atoms with van der Waals surface area (Å²) < 4.78 is 11.0. The Morgan fingerprint density at radius 1 is 0.912 bits per heavy atom. The molecule has 2 aliphatic heterocycles. The van der Waals surface area contributed by atoms with Gasteiger partial charge >= 0.3 is 0 Å². The van der Waals surface area contributed by atoms with Crippen molar-refractivity contribution in [1.82, 2.24) is 15.0 Å². The summed E-state index contributed by atoms with van der Waals surface area (Å²) in [6.45, 7) is 7.79. The van der Waals surface area contributed by atoms with Crippen molar-refractivity contribution in [3.8, 4) is 11.3 Å². The van der Waals surface area contributed by atoms with E-state index in [0.29, 0.717) is 43.8 Å². The van der Waals surface area contributed by atoms with Crippen molar-refractivity contribution in [2.75, 3.05) is 67.7 Å². The second kappa shape index (κ2) is 10.1. The van der Waals surface area contributed by atoms with Gasteiger partial charge in [-0.15, -0.1) is 0 Å². The number of benzene rings is 1. The number of rotatable bonds is 5. The van der Waals surface area contributed by atoms with Crippen LogP contribution in [0.2, 0.25) is 0 Å². The highest BCUT2D eigenvalue weighted by atomic mass is 16.5. The van der Waals surface area contributed by atoms with Gasteiger partial charge in [-0.2, -0.15) is 4.98 Å². The summed E-state index contributed by atoms with van der Waals surface area (Å²) in [5.41, 5.74) is 3.28. The molecule has 2 fully saturated rings. The first-order valence-electron chi connectivity index (χ1n) is 11.6. The zero-order chi connectivity index (χ0) is 23.3. The fraction of sp³-hybridized carbons (Fsp3) is 0.360. The zero-order valence-corrected chi connectivity index (χ0v) is 19.2. The molecule has 0 saturated carbocycles. The minimum atomic E-state index is -0.188. The maximum Gasteiger partial charge on any atom is 0.256 e. The molecule has 9 nitrogen and oxygen atoms in total. The molecule has 0 unspecified atom stereocenters. The van der Waals surface area contributed by atoms with Crippen LogP contribution in [0.1, 0.15) is 15.9 Å². The van der Waals surface area contributed by atoms with Gasteiger partial charge in [-0.1, -0.05) is 18.2 Å². The lowest BCUT2D eigenvalue weighted by atomic mass is 10.1. The van der Waals surface area contributed by atoms with E-state index in [-0.39, 0.29) is 5.91 Å². The quantitative estimate of drug-likeness (QED) is 0.621. The molecular weight excluding hydrogens is 432 g/mol. The topological polar surface area (TPSA) is 92.7 Å².